The van der Waals surface area contributed by atoms with Crippen LogP contribution in [0, 0.1) is 0 Å². The van der Waals surface area contributed by atoms with Gasteiger partial charge in [0, 0.05) is 0 Å². The predicted molar refractivity (Wildman–Crippen MR) is 41.6 cm³/mol. The van der Waals surface area contributed by atoms with Crippen LogP contribution in [-0.4, -0.2) is 18.9 Å². The van der Waals surface area contributed by atoms with E-state index in [9.17, 15) is 4.79 Å². The molecule has 11 heavy (non-hydrogen) atoms. The number of furan rings is 1. The number of nitrogens with one attached hydrogen (secondary N) is 1. The van der Waals surface area contributed by atoms with Crippen molar-refractivity contribution in [2.75, 3.05) is 7.05 Å². The second kappa shape index (κ2) is 3.34. The Morgan fingerprint density at radius 2 is 2.45 bits per heavy atom. The number of likely N-dealkylation sites (N-methyl/N-ethyl adjacent to an activating group) is 1. The van der Waals surface area contributed by atoms with E-state index in [2.05, 4.69) is 5.32 Å². The zero-order valence-electron chi connectivity index (χ0n) is 6.63. The van der Waals surface area contributed by atoms with Crippen LogP contribution in [-0.2, 0) is 0 Å². The van der Waals surface area contributed by atoms with Crippen molar-refractivity contribution in [3.05, 3.63) is 24.2 Å². The highest BCUT2D eigenvalue weighted by Gasteiger charge is 2.14. The van der Waals surface area contributed by atoms with Crippen LogP contribution < -0.4 is 5.32 Å². The summed E-state index contributed by atoms with van der Waals surface area (Å²) in [5.74, 6) is 0.393. The number of Topliss-reactive ketones (excluding diaryl/α,β-unsaturated/α-hetero) is 1. The highest BCUT2D eigenvalue weighted by Crippen LogP contribution is 2.03. The van der Waals surface area contributed by atoms with E-state index in [1.165, 1.54) is 6.26 Å². The van der Waals surface area contributed by atoms with Crippen LogP contribution in [0.4, 0.5) is 0 Å². The molecule has 1 aromatic rings. The van der Waals surface area contributed by atoms with Gasteiger partial charge in [-0.25, -0.2) is 0 Å². The number of hydrogen-bond acceptors (Lipinski definition) is 3. The predicted octanol–water partition coefficient (Wildman–Crippen LogP) is 1.07. The Kier molecular flexibility index (Phi) is 2.44. The van der Waals surface area contributed by atoms with E-state index >= 15 is 0 Å². The molecule has 0 aromatic carbocycles. The second-order valence-electron chi connectivity index (χ2n) is 2.35. The summed E-state index contributed by atoms with van der Waals surface area (Å²) in [4.78, 5) is 11.3. The monoisotopic (exact) mass is 153 g/mol. The molecule has 0 saturated carbocycles. The van der Waals surface area contributed by atoms with Crippen molar-refractivity contribution in [3.63, 3.8) is 0 Å². The first kappa shape index (κ1) is 8.01. The molecule has 3 heteroatoms. The Balaban J connectivity index is 2.70. The van der Waals surface area contributed by atoms with Crippen molar-refractivity contribution < 1.29 is 9.21 Å². The molecule has 3 nitrogen and oxygen atoms in total. The third-order valence-electron chi connectivity index (χ3n) is 1.59. The van der Waals surface area contributed by atoms with Crippen LogP contribution in [0.1, 0.15) is 17.5 Å². The molecule has 0 spiro atoms. The first-order valence-corrected chi connectivity index (χ1v) is 3.50. The minimum atomic E-state index is -0.179. The molecule has 0 aliphatic heterocycles. The van der Waals surface area contributed by atoms with Crippen molar-refractivity contribution in [2.45, 2.75) is 13.0 Å². The summed E-state index contributed by atoms with van der Waals surface area (Å²) in [5.41, 5.74) is 0. The Bertz CT molecular complexity index is 228. The maximum absolute atomic E-state index is 11.3. The normalized spacial score (nSPS) is 12.9. The lowest BCUT2D eigenvalue weighted by Gasteiger charge is -2.04. The van der Waals surface area contributed by atoms with Crippen LogP contribution in [0.5, 0.6) is 0 Å². The summed E-state index contributed by atoms with van der Waals surface area (Å²) in [6.45, 7) is 1.80. The first-order chi connectivity index (χ1) is 5.25. The SMILES string of the molecule is CNC(C)C(=O)c1ccco1. The highest BCUT2D eigenvalue weighted by molar-refractivity contribution is 5.97. The standard InChI is InChI=1S/C8H11NO2/c1-6(9-2)8(10)7-4-3-5-11-7/h3-6,9H,1-2H3. The number of carbonyl (C=O) groups is 1. The van der Waals surface area contributed by atoms with E-state index in [0.29, 0.717) is 5.76 Å². The fourth-order valence-electron chi connectivity index (χ4n) is 0.763. The van der Waals surface area contributed by atoms with Gasteiger partial charge in [-0.3, -0.25) is 4.79 Å². The van der Waals surface area contributed by atoms with Crippen molar-refractivity contribution >= 4 is 5.78 Å². The molecule has 1 unspecified atom stereocenters. The third-order valence-corrected chi connectivity index (χ3v) is 1.59. The van der Waals surface area contributed by atoms with Crippen LogP contribution in [0.2, 0.25) is 0 Å². The average molecular weight is 153 g/mol. The molecule has 1 rings (SSSR count). The molecule has 0 bridgehead atoms. The van der Waals surface area contributed by atoms with Gasteiger partial charge in [0.2, 0.25) is 5.78 Å². The molecule has 1 N–H and O–H groups in total. The molecule has 60 valence electrons. The van der Waals surface area contributed by atoms with E-state index in [1.807, 2.05) is 0 Å². The van der Waals surface area contributed by atoms with Crippen LogP contribution in [0.25, 0.3) is 0 Å². The summed E-state index contributed by atoms with van der Waals surface area (Å²) < 4.78 is 4.93. The van der Waals surface area contributed by atoms with E-state index < -0.39 is 0 Å². The second-order valence-corrected chi connectivity index (χ2v) is 2.35. The van der Waals surface area contributed by atoms with Crippen molar-refractivity contribution in [1.29, 1.82) is 0 Å². The van der Waals surface area contributed by atoms with Crippen molar-refractivity contribution in [2.24, 2.45) is 0 Å². The molecule has 0 saturated heterocycles. The molecule has 0 radical (unpaired) electrons. The lowest BCUT2D eigenvalue weighted by atomic mass is 10.2. The number of carbonyl (C=O) groups excluding carboxylic acids is 1. The zero-order valence-corrected chi connectivity index (χ0v) is 6.63. The fourth-order valence-corrected chi connectivity index (χ4v) is 0.763. The van der Waals surface area contributed by atoms with Gasteiger partial charge in [0.15, 0.2) is 5.76 Å². The molecule has 1 heterocycles. The lowest BCUT2D eigenvalue weighted by molar-refractivity contribution is 0.0927. The minimum Gasteiger partial charge on any atom is -0.461 e. The van der Waals surface area contributed by atoms with Gasteiger partial charge in [-0.2, -0.15) is 0 Å². The lowest BCUT2D eigenvalue weighted by Crippen LogP contribution is -2.30. The summed E-state index contributed by atoms with van der Waals surface area (Å²) in [6.07, 6.45) is 1.50. The molecule has 0 amide bonds. The van der Waals surface area contributed by atoms with E-state index in [4.69, 9.17) is 4.42 Å². The Hall–Kier alpha value is -1.09. The zero-order chi connectivity index (χ0) is 8.27. The average Bonchev–Trinajstić information content (AvgIpc) is 2.53. The number of ketones is 1. The maximum Gasteiger partial charge on any atom is 0.214 e. The quantitative estimate of drug-likeness (QED) is 0.660. The Labute approximate surface area is 65.4 Å². The molecule has 0 aliphatic rings. The molecule has 1 atom stereocenters. The van der Waals surface area contributed by atoms with Gasteiger partial charge in [-0.1, -0.05) is 0 Å². The van der Waals surface area contributed by atoms with Gasteiger partial charge in [0.1, 0.15) is 0 Å². The maximum atomic E-state index is 11.3. The molecule has 1 aromatic heterocycles. The largest absolute Gasteiger partial charge is 0.461 e. The first-order valence-electron chi connectivity index (χ1n) is 3.50. The van der Waals surface area contributed by atoms with Gasteiger partial charge in [-0.15, -0.1) is 0 Å². The summed E-state index contributed by atoms with van der Waals surface area (Å²) in [7, 11) is 1.74. The van der Waals surface area contributed by atoms with E-state index in [-0.39, 0.29) is 11.8 Å². The molecular weight excluding hydrogens is 142 g/mol. The molecule has 0 aliphatic carbocycles. The third kappa shape index (κ3) is 1.68. The number of rotatable bonds is 3. The summed E-state index contributed by atoms with van der Waals surface area (Å²) in [5, 5.41) is 2.84. The smallest absolute Gasteiger partial charge is 0.214 e. The van der Waals surface area contributed by atoms with Gasteiger partial charge >= 0.3 is 0 Å². The van der Waals surface area contributed by atoms with Crippen LogP contribution in [0.15, 0.2) is 22.8 Å². The summed E-state index contributed by atoms with van der Waals surface area (Å²) in [6, 6.07) is 3.19. The Morgan fingerprint density at radius 3 is 2.91 bits per heavy atom. The van der Waals surface area contributed by atoms with Crippen molar-refractivity contribution in [3.8, 4) is 0 Å². The van der Waals surface area contributed by atoms with Gasteiger partial charge in [0.05, 0.1) is 12.3 Å². The fraction of sp³-hybridized carbons (Fsp3) is 0.375. The number of hydrogen-bond donors (Lipinski definition) is 1. The van der Waals surface area contributed by atoms with Gasteiger partial charge in [0.25, 0.3) is 0 Å². The van der Waals surface area contributed by atoms with E-state index in [1.54, 1.807) is 26.1 Å². The Morgan fingerprint density at radius 1 is 1.73 bits per heavy atom. The van der Waals surface area contributed by atoms with Crippen LogP contribution >= 0.6 is 0 Å². The van der Waals surface area contributed by atoms with Crippen molar-refractivity contribution in [1.82, 2.24) is 5.32 Å². The van der Waals surface area contributed by atoms with Gasteiger partial charge < -0.3 is 9.73 Å². The minimum absolute atomic E-state index is 0.0162. The molecule has 0 fully saturated rings. The van der Waals surface area contributed by atoms with Crippen LogP contribution in [0.3, 0.4) is 0 Å². The summed E-state index contributed by atoms with van der Waals surface area (Å²) >= 11 is 0. The van der Waals surface area contributed by atoms with Gasteiger partial charge in [-0.05, 0) is 26.1 Å². The highest BCUT2D eigenvalue weighted by atomic mass is 16.3. The topological polar surface area (TPSA) is 42.2 Å². The van der Waals surface area contributed by atoms with E-state index in [0.717, 1.165) is 0 Å². The molecular formula is C8H11NO2.